The molecule has 0 aromatic rings. The molecule has 4 unspecified atom stereocenters. The topological polar surface area (TPSA) is 150 Å². The van der Waals surface area contributed by atoms with Crippen LogP contribution in [0, 0.1) is 11.8 Å². The molecule has 10 nitrogen and oxygen atoms in total. The van der Waals surface area contributed by atoms with Crippen molar-refractivity contribution < 1.29 is 44.6 Å². The van der Waals surface area contributed by atoms with Crippen LogP contribution in [-0.4, -0.2) is 63.1 Å². The first-order chi connectivity index (χ1) is 11.0. The molecule has 3 rings (SSSR count). The van der Waals surface area contributed by atoms with Gasteiger partial charge in [-0.05, 0) is 25.2 Å². The molecular formula is C12H16O10S2. The summed E-state index contributed by atoms with van der Waals surface area (Å²) in [7, 11) is -8.08. The third-order valence-corrected chi connectivity index (χ3v) is 7.17. The average molecular weight is 384 g/mol. The predicted molar refractivity (Wildman–Crippen MR) is 75.7 cm³/mol. The first kappa shape index (κ1) is 17.6. The van der Waals surface area contributed by atoms with Gasteiger partial charge in [0.25, 0.3) is 20.2 Å². The third kappa shape index (κ3) is 3.03. The summed E-state index contributed by atoms with van der Waals surface area (Å²) in [5, 5.41) is -0.703. The Balaban J connectivity index is 1.56. The second kappa shape index (κ2) is 5.64. The van der Waals surface area contributed by atoms with Gasteiger partial charge in [0.15, 0.2) is 12.2 Å². The smallest absolute Gasteiger partial charge is 0.344 e. The Bertz CT molecular complexity index is 770. The van der Waals surface area contributed by atoms with Crippen molar-refractivity contribution in [3.63, 3.8) is 0 Å². The molecular weight excluding hydrogens is 368 g/mol. The molecule has 2 saturated carbocycles. The van der Waals surface area contributed by atoms with Gasteiger partial charge in [-0.1, -0.05) is 0 Å². The molecule has 0 radical (unpaired) electrons. The van der Waals surface area contributed by atoms with Crippen LogP contribution in [0.4, 0.5) is 0 Å². The van der Waals surface area contributed by atoms with E-state index in [2.05, 4.69) is 4.74 Å². The van der Waals surface area contributed by atoms with Gasteiger partial charge < -0.3 is 9.47 Å². The SMILES string of the molecule is O=C(COC(=O)C12CC3CC1C(C3)S(=O)(=O)O2)OCCS(=O)(=O)O. The van der Waals surface area contributed by atoms with Crippen LogP contribution in [0.25, 0.3) is 0 Å². The van der Waals surface area contributed by atoms with Gasteiger partial charge in [-0.15, -0.1) is 0 Å². The minimum absolute atomic E-state index is 0.0755. The molecule has 3 aliphatic rings. The van der Waals surface area contributed by atoms with E-state index in [9.17, 15) is 26.4 Å². The lowest BCUT2D eigenvalue weighted by Crippen LogP contribution is -2.45. The van der Waals surface area contributed by atoms with Crippen LogP contribution < -0.4 is 0 Å². The summed E-state index contributed by atoms with van der Waals surface area (Å²) in [5.74, 6) is -3.10. The maximum absolute atomic E-state index is 12.3. The quantitative estimate of drug-likeness (QED) is 0.338. The fourth-order valence-electron chi connectivity index (χ4n) is 3.84. The predicted octanol–water partition coefficient (Wildman–Crippen LogP) is -1.14. The van der Waals surface area contributed by atoms with Gasteiger partial charge in [-0.2, -0.15) is 16.8 Å². The van der Waals surface area contributed by atoms with E-state index in [0.29, 0.717) is 12.8 Å². The van der Waals surface area contributed by atoms with Crippen molar-refractivity contribution in [1.29, 1.82) is 0 Å². The van der Waals surface area contributed by atoms with E-state index < -0.39 is 67.9 Å². The summed E-state index contributed by atoms with van der Waals surface area (Å²) in [5.41, 5.74) is -1.55. The molecule has 2 aliphatic carbocycles. The Morgan fingerprint density at radius 3 is 2.58 bits per heavy atom. The van der Waals surface area contributed by atoms with Crippen LogP contribution in [-0.2, 0) is 43.5 Å². The highest BCUT2D eigenvalue weighted by molar-refractivity contribution is 7.87. The molecule has 0 aromatic heterocycles. The van der Waals surface area contributed by atoms with E-state index in [1.54, 1.807) is 0 Å². The zero-order chi connectivity index (χ0) is 17.8. The first-order valence-corrected chi connectivity index (χ1v) is 10.3. The molecule has 1 aliphatic heterocycles. The normalized spacial score (nSPS) is 35.8. The molecule has 3 fully saturated rings. The summed E-state index contributed by atoms with van der Waals surface area (Å²) in [4.78, 5) is 23.7. The zero-order valence-corrected chi connectivity index (χ0v) is 14.0. The van der Waals surface area contributed by atoms with Gasteiger partial charge in [0.2, 0.25) is 0 Å². The Morgan fingerprint density at radius 1 is 1.25 bits per heavy atom. The second-order valence-corrected chi connectivity index (χ2v) is 9.56. The van der Waals surface area contributed by atoms with Gasteiger partial charge >= 0.3 is 11.9 Å². The average Bonchev–Trinajstić information content (AvgIpc) is 3.03. The molecule has 24 heavy (non-hydrogen) atoms. The van der Waals surface area contributed by atoms with Crippen molar-refractivity contribution in [2.24, 2.45) is 11.8 Å². The van der Waals surface area contributed by atoms with E-state index in [4.69, 9.17) is 13.5 Å². The summed E-state index contributed by atoms with van der Waals surface area (Å²) >= 11 is 0. The number of ether oxygens (including phenoxy) is 2. The molecule has 1 N–H and O–H groups in total. The third-order valence-electron chi connectivity index (χ3n) is 4.70. The number of fused-ring (bicyclic) bond motifs is 1. The Labute approximate surface area is 138 Å². The fraction of sp³-hybridized carbons (Fsp3) is 0.833. The Kier molecular flexibility index (Phi) is 4.13. The highest BCUT2D eigenvalue weighted by atomic mass is 32.2. The molecule has 1 saturated heterocycles. The van der Waals surface area contributed by atoms with Crippen LogP contribution in [0.1, 0.15) is 19.3 Å². The van der Waals surface area contributed by atoms with E-state index in [0.717, 1.165) is 0 Å². The lowest BCUT2D eigenvalue weighted by molar-refractivity contribution is -0.171. The Morgan fingerprint density at radius 2 is 1.96 bits per heavy atom. The molecule has 2 bridgehead atoms. The summed E-state index contributed by atoms with van der Waals surface area (Å²) in [6.07, 6.45) is 1.28. The van der Waals surface area contributed by atoms with Gasteiger partial charge in [0.1, 0.15) is 12.4 Å². The number of carbonyl (C=O) groups is 2. The number of hydrogen-bond acceptors (Lipinski definition) is 9. The fourth-order valence-corrected chi connectivity index (χ4v) is 6.17. The number of rotatable bonds is 6. The minimum atomic E-state index is -4.26. The maximum Gasteiger partial charge on any atom is 0.344 e. The molecule has 1 heterocycles. The van der Waals surface area contributed by atoms with E-state index in [-0.39, 0.29) is 12.3 Å². The number of esters is 2. The highest BCUT2D eigenvalue weighted by Crippen LogP contribution is 2.60. The van der Waals surface area contributed by atoms with Crippen LogP contribution in [0.15, 0.2) is 0 Å². The molecule has 0 spiro atoms. The largest absolute Gasteiger partial charge is 0.462 e. The summed E-state index contributed by atoms with van der Waals surface area (Å²) in [6, 6.07) is 0. The lowest BCUT2D eigenvalue weighted by atomic mass is 9.84. The van der Waals surface area contributed by atoms with Crippen molar-refractivity contribution >= 4 is 32.2 Å². The van der Waals surface area contributed by atoms with Crippen LogP contribution in [0.2, 0.25) is 0 Å². The second-order valence-electron chi connectivity index (χ2n) is 6.23. The minimum Gasteiger partial charge on any atom is -0.462 e. The standard InChI is InChI=1S/C12H16O10S2/c13-10(20-1-2-23(15,16)17)6-21-11(14)12-5-7-3-8(12)9(4-7)24(18,19)22-12/h7-9H,1-6H2,(H,15,16,17). The lowest BCUT2D eigenvalue weighted by Gasteiger charge is -2.26. The first-order valence-electron chi connectivity index (χ1n) is 7.26. The number of carbonyl (C=O) groups excluding carboxylic acids is 2. The van der Waals surface area contributed by atoms with Crippen molar-refractivity contribution in [1.82, 2.24) is 0 Å². The van der Waals surface area contributed by atoms with Gasteiger partial charge in [0, 0.05) is 5.92 Å². The maximum atomic E-state index is 12.3. The van der Waals surface area contributed by atoms with Crippen molar-refractivity contribution in [2.75, 3.05) is 19.0 Å². The van der Waals surface area contributed by atoms with Crippen molar-refractivity contribution in [3.8, 4) is 0 Å². The van der Waals surface area contributed by atoms with Crippen LogP contribution >= 0.6 is 0 Å². The van der Waals surface area contributed by atoms with Crippen LogP contribution in [0.5, 0.6) is 0 Å². The molecule has 0 aromatic carbocycles. The van der Waals surface area contributed by atoms with Gasteiger partial charge in [0.05, 0.1) is 5.25 Å². The van der Waals surface area contributed by atoms with E-state index in [1.807, 2.05) is 0 Å². The van der Waals surface area contributed by atoms with Crippen LogP contribution in [0.3, 0.4) is 0 Å². The molecule has 4 atom stereocenters. The van der Waals surface area contributed by atoms with Gasteiger partial charge in [-0.3, -0.25) is 8.74 Å². The molecule has 136 valence electrons. The summed E-state index contributed by atoms with van der Waals surface area (Å²) in [6.45, 7) is -1.38. The molecule has 0 amide bonds. The monoisotopic (exact) mass is 384 g/mol. The van der Waals surface area contributed by atoms with Crippen molar-refractivity contribution in [2.45, 2.75) is 30.1 Å². The zero-order valence-electron chi connectivity index (χ0n) is 12.4. The Hall–Kier alpha value is -1.24. The van der Waals surface area contributed by atoms with E-state index >= 15 is 0 Å². The molecule has 12 heteroatoms. The van der Waals surface area contributed by atoms with Gasteiger partial charge in [-0.25, -0.2) is 9.59 Å². The highest BCUT2D eigenvalue weighted by Gasteiger charge is 2.71. The van der Waals surface area contributed by atoms with E-state index in [1.165, 1.54) is 0 Å². The number of hydrogen-bond donors (Lipinski definition) is 1. The van der Waals surface area contributed by atoms with Crippen molar-refractivity contribution in [3.05, 3.63) is 0 Å². The summed E-state index contributed by atoms with van der Waals surface area (Å²) < 4.78 is 67.8.